The van der Waals surface area contributed by atoms with Crippen molar-refractivity contribution in [3.8, 4) is 5.75 Å². The molecule has 2 atom stereocenters. The van der Waals surface area contributed by atoms with Crippen LogP contribution in [-0.2, 0) is 9.53 Å². The molecule has 31 heavy (non-hydrogen) atoms. The molecule has 1 heterocycles. The fourth-order valence-electron chi connectivity index (χ4n) is 2.53. The zero-order valence-corrected chi connectivity index (χ0v) is 18.0. The lowest BCUT2D eigenvalue weighted by atomic mass is 10.2. The summed E-state index contributed by atoms with van der Waals surface area (Å²) in [6, 6.07) is 6.93. The number of aliphatic hydroxyl groups excluding tert-OH is 1. The van der Waals surface area contributed by atoms with Crippen molar-refractivity contribution in [2.24, 2.45) is 0 Å². The molecule has 0 aliphatic heterocycles. The van der Waals surface area contributed by atoms with E-state index < -0.39 is 35.4 Å². The summed E-state index contributed by atoms with van der Waals surface area (Å²) < 4.78 is 16.0. The highest BCUT2D eigenvalue weighted by Gasteiger charge is 2.27. The Balaban J connectivity index is 1.94. The van der Waals surface area contributed by atoms with Gasteiger partial charge in [0.2, 0.25) is 0 Å². The zero-order valence-electron chi connectivity index (χ0n) is 18.0. The van der Waals surface area contributed by atoms with Gasteiger partial charge in [-0.2, -0.15) is 0 Å². The Morgan fingerprint density at radius 3 is 2.55 bits per heavy atom. The molecule has 2 aromatic rings. The van der Waals surface area contributed by atoms with Crippen LogP contribution in [0.25, 0.3) is 11.0 Å². The lowest BCUT2D eigenvalue weighted by Gasteiger charge is -2.30. The summed E-state index contributed by atoms with van der Waals surface area (Å²) in [7, 11) is 0. The number of hydrogen-bond donors (Lipinski definition) is 3. The summed E-state index contributed by atoms with van der Waals surface area (Å²) >= 11 is 0. The number of carbonyl (C=O) groups is 2. The number of fused-ring (bicyclic) bond motifs is 1. The smallest absolute Gasteiger partial charge is 0.424 e. The van der Waals surface area contributed by atoms with Crippen molar-refractivity contribution in [3.63, 3.8) is 0 Å². The van der Waals surface area contributed by atoms with E-state index in [1.165, 1.54) is 13.0 Å². The molecule has 0 radical (unpaired) electrons. The number of nitrogens with one attached hydrogen (secondary N) is 1. The van der Waals surface area contributed by atoms with E-state index in [2.05, 4.69) is 5.43 Å². The minimum atomic E-state index is -1.16. The molecule has 10 nitrogen and oxygen atoms in total. The van der Waals surface area contributed by atoms with Crippen LogP contribution in [0.4, 0.5) is 4.79 Å². The Hall–Kier alpha value is -3.11. The molecule has 170 valence electrons. The topological polar surface area (TPSA) is 139 Å². The number of carboxylic acid groups (broad SMARTS) is 1. The normalized spacial score (nSPS) is 13.5. The minimum Gasteiger partial charge on any atom is -0.493 e. The predicted molar refractivity (Wildman–Crippen MR) is 112 cm³/mol. The first-order valence-electron chi connectivity index (χ1n) is 9.79. The molecule has 0 spiro atoms. The first kappa shape index (κ1) is 24.2. The maximum atomic E-state index is 12.4. The molecule has 1 aromatic carbocycles. The van der Waals surface area contributed by atoms with E-state index in [9.17, 15) is 19.5 Å². The minimum absolute atomic E-state index is 0.111. The monoisotopic (exact) mass is 436 g/mol. The second-order valence-electron chi connectivity index (χ2n) is 8.02. The number of carboxylic acids is 1. The Morgan fingerprint density at radius 2 is 1.90 bits per heavy atom. The van der Waals surface area contributed by atoms with Crippen molar-refractivity contribution in [3.05, 3.63) is 40.8 Å². The number of aliphatic hydroxyl groups is 1. The van der Waals surface area contributed by atoms with Gasteiger partial charge in [0, 0.05) is 23.9 Å². The fourth-order valence-corrected chi connectivity index (χ4v) is 2.53. The Labute approximate surface area is 179 Å². The average molecular weight is 436 g/mol. The number of rotatable bonds is 9. The standard InChI is InChI=1S/C21H28N2O8/c1-13(19(26)27)22-23(20(28)31-21(2,3)4)12-15(24)9-10-29-16-7-5-14-6-8-18(25)30-17(14)11-16/h5-8,11,13,15,22,24H,9-10,12H2,1-4H3,(H,26,27)/t13-,15?/m0/s1. The van der Waals surface area contributed by atoms with Crippen LogP contribution in [0.15, 0.2) is 39.5 Å². The Morgan fingerprint density at radius 1 is 1.23 bits per heavy atom. The fraction of sp³-hybridized carbons (Fsp3) is 0.476. The molecule has 0 aliphatic rings. The van der Waals surface area contributed by atoms with E-state index in [1.807, 2.05) is 0 Å². The maximum Gasteiger partial charge on any atom is 0.424 e. The van der Waals surface area contributed by atoms with Crippen LogP contribution in [0.5, 0.6) is 5.75 Å². The first-order valence-corrected chi connectivity index (χ1v) is 9.79. The number of nitrogens with zero attached hydrogens (tertiary/aromatic N) is 1. The summed E-state index contributed by atoms with van der Waals surface area (Å²) in [6.45, 7) is 6.31. The largest absolute Gasteiger partial charge is 0.493 e. The highest BCUT2D eigenvalue weighted by atomic mass is 16.6. The second kappa shape index (κ2) is 10.3. The summed E-state index contributed by atoms with van der Waals surface area (Å²) in [5.41, 5.74) is 1.65. The van der Waals surface area contributed by atoms with Crippen molar-refractivity contribution in [2.45, 2.75) is 51.9 Å². The molecular weight excluding hydrogens is 408 g/mol. The number of aliphatic carboxylic acids is 1. The quantitative estimate of drug-likeness (QED) is 0.398. The number of benzene rings is 1. The van der Waals surface area contributed by atoms with Gasteiger partial charge in [-0.1, -0.05) is 0 Å². The van der Waals surface area contributed by atoms with Crippen molar-refractivity contribution in [1.29, 1.82) is 0 Å². The van der Waals surface area contributed by atoms with Gasteiger partial charge >= 0.3 is 17.7 Å². The summed E-state index contributed by atoms with van der Waals surface area (Å²) in [5.74, 6) is -0.704. The Kier molecular flexibility index (Phi) is 8.01. The van der Waals surface area contributed by atoms with Crippen LogP contribution in [0.3, 0.4) is 0 Å². The third kappa shape index (κ3) is 7.91. The molecule has 1 unspecified atom stereocenters. The molecule has 0 saturated carbocycles. The summed E-state index contributed by atoms with van der Waals surface area (Å²) in [5, 5.41) is 21.1. The third-order valence-corrected chi connectivity index (χ3v) is 4.04. The van der Waals surface area contributed by atoms with Crippen LogP contribution in [0, 0.1) is 0 Å². The summed E-state index contributed by atoms with van der Waals surface area (Å²) in [6.07, 6.45) is -1.66. The van der Waals surface area contributed by atoms with Crippen LogP contribution in [0.2, 0.25) is 0 Å². The van der Waals surface area contributed by atoms with Crippen LogP contribution in [-0.4, -0.2) is 58.2 Å². The zero-order chi connectivity index (χ0) is 23.2. The van der Waals surface area contributed by atoms with Gasteiger partial charge in [-0.3, -0.25) is 4.79 Å². The highest BCUT2D eigenvalue weighted by Crippen LogP contribution is 2.19. The van der Waals surface area contributed by atoms with E-state index in [0.29, 0.717) is 11.3 Å². The van der Waals surface area contributed by atoms with E-state index in [-0.39, 0.29) is 19.6 Å². The van der Waals surface area contributed by atoms with Gasteiger partial charge in [-0.25, -0.2) is 20.0 Å². The van der Waals surface area contributed by atoms with Gasteiger partial charge < -0.3 is 24.1 Å². The molecule has 0 bridgehead atoms. The summed E-state index contributed by atoms with van der Waals surface area (Å²) in [4.78, 5) is 34.8. The molecule has 10 heteroatoms. The van der Waals surface area contributed by atoms with Gasteiger partial charge in [0.1, 0.15) is 23.0 Å². The molecule has 0 aliphatic carbocycles. The molecule has 1 aromatic heterocycles. The van der Waals surface area contributed by atoms with Gasteiger partial charge in [0.25, 0.3) is 0 Å². The highest BCUT2D eigenvalue weighted by molar-refractivity contribution is 5.77. The molecule has 3 N–H and O–H groups in total. The van der Waals surface area contributed by atoms with E-state index in [4.69, 9.17) is 19.0 Å². The molecule has 1 amide bonds. The van der Waals surface area contributed by atoms with Crippen molar-refractivity contribution >= 4 is 23.0 Å². The third-order valence-electron chi connectivity index (χ3n) is 4.04. The van der Waals surface area contributed by atoms with Gasteiger partial charge in [0.05, 0.1) is 19.3 Å². The van der Waals surface area contributed by atoms with E-state index >= 15 is 0 Å². The number of amides is 1. The van der Waals surface area contributed by atoms with Crippen molar-refractivity contribution in [1.82, 2.24) is 10.4 Å². The van der Waals surface area contributed by atoms with Crippen LogP contribution in [0.1, 0.15) is 34.1 Å². The lowest BCUT2D eigenvalue weighted by molar-refractivity contribution is -0.140. The molecule has 0 fully saturated rings. The van der Waals surface area contributed by atoms with Crippen LogP contribution < -0.4 is 15.8 Å². The Bertz CT molecular complexity index is 966. The number of ether oxygens (including phenoxy) is 2. The first-order chi connectivity index (χ1) is 14.4. The molecule has 0 saturated heterocycles. The number of hydrazine groups is 1. The van der Waals surface area contributed by atoms with Gasteiger partial charge in [0.15, 0.2) is 0 Å². The van der Waals surface area contributed by atoms with E-state index in [1.54, 1.807) is 45.0 Å². The van der Waals surface area contributed by atoms with Gasteiger partial charge in [-0.15, -0.1) is 0 Å². The van der Waals surface area contributed by atoms with E-state index in [0.717, 1.165) is 10.4 Å². The second-order valence-corrected chi connectivity index (χ2v) is 8.02. The lowest BCUT2D eigenvalue weighted by Crippen LogP contribution is -2.54. The van der Waals surface area contributed by atoms with Crippen molar-refractivity contribution < 1.29 is 33.7 Å². The molecule has 2 rings (SSSR count). The molecular formula is C21H28N2O8. The maximum absolute atomic E-state index is 12.4. The van der Waals surface area contributed by atoms with Crippen LogP contribution >= 0.6 is 0 Å². The van der Waals surface area contributed by atoms with Gasteiger partial charge in [-0.05, 0) is 45.9 Å². The van der Waals surface area contributed by atoms with Crippen molar-refractivity contribution in [2.75, 3.05) is 13.2 Å². The number of hydrogen-bond acceptors (Lipinski definition) is 8. The predicted octanol–water partition coefficient (Wildman–Crippen LogP) is 2.14. The average Bonchev–Trinajstić information content (AvgIpc) is 2.65. The SMILES string of the molecule is C[C@H](NN(CC(O)CCOc1ccc2ccc(=O)oc2c1)C(=O)OC(C)(C)C)C(=O)O. The number of carbonyl (C=O) groups excluding carboxylic acids is 1.